The van der Waals surface area contributed by atoms with Crippen LogP contribution >= 0.6 is 0 Å². The van der Waals surface area contributed by atoms with Gasteiger partial charge < -0.3 is 4.90 Å². The van der Waals surface area contributed by atoms with Crippen LogP contribution in [0.2, 0.25) is 0 Å². The number of hydrogen-bond acceptors (Lipinski definition) is 3. The SMILES string of the molecule is CC(C)(C)c1ccccc1N1CC(=O)NC(=O)C1. The van der Waals surface area contributed by atoms with Crippen LogP contribution in [0.25, 0.3) is 0 Å². The zero-order valence-electron chi connectivity index (χ0n) is 11.0. The van der Waals surface area contributed by atoms with Gasteiger partial charge in [0.25, 0.3) is 0 Å². The molecule has 18 heavy (non-hydrogen) atoms. The van der Waals surface area contributed by atoms with E-state index in [4.69, 9.17) is 0 Å². The third-order valence-corrected chi connectivity index (χ3v) is 3.00. The predicted octanol–water partition coefficient (Wildman–Crippen LogP) is 1.45. The Balaban J connectivity index is 2.39. The van der Waals surface area contributed by atoms with Gasteiger partial charge in [-0.3, -0.25) is 14.9 Å². The Morgan fingerprint density at radius 3 is 2.17 bits per heavy atom. The molecule has 1 heterocycles. The Kier molecular flexibility index (Phi) is 3.11. The molecule has 1 aromatic rings. The number of rotatable bonds is 1. The minimum Gasteiger partial charge on any atom is -0.353 e. The molecule has 0 unspecified atom stereocenters. The minimum atomic E-state index is -0.241. The second-order valence-corrected chi connectivity index (χ2v) is 5.59. The molecule has 2 rings (SSSR count). The molecule has 0 atom stereocenters. The van der Waals surface area contributed by atoms with Crippen molar-refractivity contribution in [3.05, 3.63) is 29.8 Å². The highest BCUT2D eigenvalue weighted by Gasteiger charge is 2.27. The van der Waals surface area contributed by atoms with Crippen LogP contribution in [0, 0.1) is 0 Å². The number of anilines is 1. The molecule has 96 valence electrons. The van der Waals surface area contributed by atoms with Gasteiger partial charge in [0, 0.05) is 5.69 Å². The van der Waals surface area contributed by atoms with Gasteiger partial charge >= 0.3 is 0 Å². The lowest BCUT2D eigenvalue weighted by Gasteiger charge is -2.32. The second kappa shape index (κ2) is 4.44. The van der Waals surface area contributed by atoms with Crippen molar-refractivity contribution in [1.82, 2.24) is 5.32 Å². The average molecular weight is 246 g/mol. The molecule has 1 aromatic carbocycles. The average Bonchev–Trinajstić information content (AvgIpc) is 2.26. The van der Waals surface area contributed by atoms with Crippen LogP contribution in [0.5, 0.6) is 0 Å². The molecule has 1 aliphatic rings. The first-order chi connectivity index (χ1) is 8.38. The number of nitrogens with one attached hydrogen (secondary N) is 1. The number of amides is 2. The Bertz CT molecular complexity index is 473. The Morgan fingerprint density at radius 2 is 1.61 bits per heavy atom. The summed E-state index contributed by atoms with van der Waals surface area (Å²) in [6.45, 7) is 6.84. The maximum absolute atomic E-state index is 11.4. The first-order valence-electron chi connectivity index (χ1n) is 6.05. The molecule has 4 heteroatoms. The number of carbonyl (C=O) groups excluding carboxylic acids is 2. The van der Waals surface area contributed by atoms with Crippen molar-refractivity contribution < 1.29 is 9.59 Å². The quantitative estimate of drug-likeness (QED) is 0.763. The van der Waals surface area contributed by atoms with Crippen molar-refractivity contribution in [1.29, 1.82) is 0 Å². The molecular weight excluding hydrogens is 228 g/mol. The van der Waals surface area contributed by atoms with Crippen molar-refractivity contribution in [3.8, 4) is 0 Å². The lowest BCUT2D eigenvalue weighted by atomic mass is 9.85. The van der Waals surface area contributed by atoms with E-state index in [1.807, 2.05) is 29.2 Å². The van der Waals surface area contributed by atoms with Crippen LogP contribution in [-0.4, -0.2) is 24.9 Å². The molecule has 4 nitrogen and oxygen atoms in total. The van der Waals surface area contributed by atoms with Crippen LogP contribution < -0.4 is 10.2 Å². The number of imide groups is 1. The summed E-state index contributed by atoms with van der Waals surface area (Å²) in [4.78, 5) is 24.7. The van der Waals surface area contributed by atoms with E-state index in [1.54, 1.807) is 0 Å². The zero-order valence-corrected chi connectivity index (χ0v) is 11.0. The first-order valence-corrected chi connectivity index (χ1v) is 6.05. The molecule has 2 amide bonds. The van der Waals surface area contributed by atoms with E-state index in [1.165, 1.54) is 0 Å². The number of hydrogen-bond donors (Lipinski definition) is 1. The van der Waals surface area contributed by atoms with Gasteiger partial charge in [-0.2, -0.15) is 0 Å². The van der Waals surface area contributed by atoms with Crippen LogP contribution in [0.15, 0.2) is 24.3 Å². The normalized spacial score (nSPS) is 16.7. The minimum absolute atomic E-state index is 0.0203. The molecular formula is C14H18N2O2. The van der Waals surface area contributed by atoms with Crippen molar-refractivity contribution >= 4 is 17.5 Å². The highest BCUT2D eigenvalue weighted by Crippen LogP contribution is 2.31. The van der Waals surface area contributed by atoms with Gasteiger partial charge in [0.15, 0.2) is 0 Å². The third-order valence-electron chi connectivity index (χ3n) is 3.00. The molecule has 0 spiro atoms. The van der Waals surface area contributed by atoms with Crippen molar-refractivity contribution in [2.45, 2.75) is 26.2 Å². The van der Waals surface area contributed by atoms with Gasteiger partial charge in [0.05, 0.1) is 13.1 Å². The van der Waals surface area contributed by atoms with E-state index < -0.39 is 0 Å². The topological polar surface area (TPSA) is 49.4 Å². The van der Waals surface area contributed by atoms with Crippen molar-refractivity contribution in [2.24, 2.45) is 0 Å². The maximum atomic E-state index is 11.4. The number of benzene rings is 1. The summed E-state index contributed by atoms with van der Waals surface area (Å²) < 4.78 is 0. The summed E-state index contributed by atoms with van der Waals surface area (Å²) in [5.74, 6) is -0.482. The summed E-state index contributed by atoms with van der Waals surface area (Å²) in [6.07, 6.45) is 0. The summed E-state index contributed by atoms with van der Waals surface area (Å²) in [6, 6.07) is 7.93. The molecule has 0 saturated carbocycles. The van der Waals surface area contributed by atoms with E-state index in [-0.39, 0.29) is 30.3 Å². The molecule has 1 aliphatic heterocycles. The van der Waals surface area contributed by atoms with Gasteiger partial charge in [-0.1, -0.05) is 39.0 Å². The number of nitrogens with zero attached hydrogens (tertiary/aromatic N) is 1. The van der Waals surface area contributed by atoms with E-state index in [0.717, 1.165) is 11.3 Å². The van der Waals surface area contributed by atoms with Crippen molar-refractivity contribution in [2.75, 3.05) is 18.0 Å². The Labute approximate surface area is 107 Å². The molecule has 0 radical (unpaired) electrons. The summed E-state index contributed by atoms with van der Waals surface area (Å²) in [5.41, 5.74) is 2.09. The highest BCUT2D eigenvalue weighted by molar-refractivity contribution is 6.02. The van der Waals surface area contributed by atoms with Gasteiger partial charge in [0.2, 0.25) is 11.8 Å². The first kappa shape index (κ1) is 12.6. The molecule has 1 fully saturated rings. The van der Waals surface area contributed by atoms with Gasteiger partial charge in [-0.25, -0.2) is 0 Å². The molecule has 0 aliphatic carbocycles. The van der Waals surface area contributed by atoms with E-state index in [9.17, 15) is 9.59 Å². The number of para-hydroxylation sites is 1. The molecule has 1 N–H and O–H groups in total. The summed E-state index contributed by atoms with van der Waals surface area (Å²) >= 11 is 0. The lowest BCUT2D eigenvalue weighted by Crippen LogP contribution is -2.52. The van der Waals surface area contributed by atoms with E-state index in [0.29, 0.717) is 0 Å². The third kappa shape index (κ3) is 2.53. The Morgan fingerprint density at radius 1 is 1.06 bits per heavy atom. The summed E-state index contributed by atoms with van der Waals surface area (Å²) in [7, 11) is 0. The van der Waals surface area contributed by atoms with E-state index in [2.05, 4.69) is 26.1 Å². The van der Waals surface area contributed by atoms with Crippen LogP contribution in [0.4, 0.5) is 5.69 Å². The Hall–Kier alpha value is -1.84. The van der Waals surface area contributed by atoms with Crippen molar-refractivity contribution in [3.63, 3.8) is 0 Å². The number of carbonyl (C=O) groups is 2. The van der Waals surface area contributed by atoms with Crippen LogP contribution in [0.1, 0.15) is 26.3 Å². The summed E-state index contributed by atoms with van der Waals surface area (Å²) in [5, 5.41) is 2.32. The van der Waals surface area contributed by atoms with Gasteiger partial charge in [-0.05, 0) is 17.0 Å². The molecule has 0 aromatic heterocycles. The number of piperazine rings is 1. The van der Waals surface area contributed by atoms with Gasteiger partial charge in [0.1, 0.15) is 0 Å². The molecule has 0 bridgehead atoms. The van der Waals surface area contributed by atoms with Crippen LogP contribution in [-0.2, 0) is 15.0 Å². The fourth-order valence-electron chi connectivity index (χ4n) is 2.19. The smallest absolute Gasteiger partial charge is 0.246 e. The van der Waals surface area contributed by atoms with Gasteiger partial charge in [-0.15, -0.1) is 0 Å². The fraction of sp³-hybridized carbons (Fsp3) is 0.429. The van der Waals surface area contributed by atoms with Crippen LogP contribution in [0.3, 0.4) is 0 Å². The van der Waals surface area contributed by atoms with E-state index >= 15 is 0 Å². The maximum Gasteiger partial charge on any atom is 0.246 e. The largest absolute Gasteiger partial charge is 0.353 e. The zero-order chi connectivity index (χ0) is 13.3. The highest BCUT2D eigenvalue weighted by atomic mass is 16.2. The standard InChI is InChI=1S/C14H18N2O2/c1-14(2,3)10-6-4-5-7-11(10)16-8-12(17)15-13(18)9-16/h4-7H,8-9H2,1-3H3,(H,15,17,18). The monoisotopic (exact) mass is 246 g/mol. The lowest BCUT2D eigenvalue weighted by molar-refractivity contribution is -0.130. The molecule has 1 saturated heterocycles. The fourth-order valence-corrected chi connectivity index (χ4v) is 2.19. The second-order valence-electron chi connectivity index (χ2n) is 5.59. The predicted molar refractivity (Wildman–Crippen MR) is 70.5 cm³/mol.